The molecule has 1 atom stereocenters. The van der Waals surface area contributed by atoms with E-state index < -0.39 is 0 Å². The molecule has 2 amide bonds. The van der Waals surface area contributed by atoms with Gasteiger partial charge >= 0.3 is 0 Å². The fraction of sp³-hybridized carbons (Fsp3) is 0.778. The van der Waals surface area contributed by atoms with Crippen molar-refractivity contribution in [2.75, 3.05) is 33.7 Å². The van der Waals surface area contributed by atoms with Gasteiger partial charge in [0, 0.05) is 26.1 Å². The first-order chi connectivity index (χ1) is 6.50. The van der Waals surface area contributed by atoms with Gasteiger partial charge in [0.05, 0.1) is 5.92 Å². The molecule has 0 unspecified atom stereocenters. The monoisotopic (exact) mass is 199 g/mol. The van der Waals surface area contributed by atoms with Gasteiger partial charge in [-0.2, -0.15) is 0 Å². The number of amides is 2. The van der Waals surface area contributed by atoms with E-state index in [0.717, 1.165) is 6.54 Å². The van der Waals surface area contributed by atoms with Crippen molar-refractivity contribution in [3.8, 4) is 0 Å². The zero-order valence-corrected chi connectivity index (χ0v) is 8.69. The number of hydrogen-bond donors (Lipinski definition) is 1. The van der Waals surface area contributed by atoms with Crippen LogP contribution >= 0.6 is 0 Å². The van der Waals surface area contributed by atoms with Crippen molar-refractivity contribution >= 4 is 11.8 Å². The Hall–Kier alpha value is -1.10. The number of likely N-dealkylation sites (tertiary alicyclic amines) is 1. The van der Waals surface area contributed by atoms with E-state index in [1.54, 1.807) is 4.90 Å². The molecule has 1 saturated heterocycles. The summed E-state index contributed by atoms with van der Waals surface area (Å²) in [6.07, 6.45) is 0.281. The Bertz CT molecular complexity index is 240. The highest BCUT2D eigenvalue weighted by Gasteiger charge is 2.32. The maximum atomic E-state index is 11.4. The molecule has 14 heavy (non-hydrogen) atoms. The fourth-order valence-corrected chi connectivity index (χ4v) is 1.50. The SMILES string of the molecule is CN(C)CCN1C[C@H](C(N)=O)CC1=O. The van der Waals surface area contributed by atoms with E-state index >= 15 is 0 Å². The van der Waals surface area contributed by atoms with Crippen LogP contribution < -0.4 is 5.73 Å². The second-order valence-corrected chi connectivity index (χ2v) is 3.95. The molecule has 0 radical (unpaired) electrons. The van der Waals surface area contributed by atoms with Gasteiger partial charge in [0.25, 0.3) is 0 Å². The van der Waals surface area contributed by atoms with E-state index in [4.69, 9.17) is 5.73 Å². The lowest BCUT2D eigenvalue weighted by atomic mass is 10.1. The van der Waals surface area contributed by atoms with E-state index in [1.165, 1.54) is 0 Å². The molecule has 0 aromatic rings. The molecule has 1 aliphatic rings. The number of nitrogens with two attached hydrogens (primary N) is 1. The van der Waals surface area contributed by atoms with Crippen LogP contribution in [0.5, 0.6) is 0 Å². The minimum absolute atomic E-state index is 0.0376. The second-order valence-electron chi connectivity index (χ2n) is 3.95. The predicted octanol–water partition coefficient (Wildman–Crippen LogP) is -1.12. The van der Waals surface area contributed by atoms with Crippen LogP contribution in [0, 0.1) is 5.92 Å². The van der Waals surface area contributed by atoms with Gasteiger partial charge in [0.1, 0.15) is 0 Å². The van der Waals surface area contributed by atoms with Crippen LogP contribution in [-0.2, 0) is 9.59 Å². The third-order valence-electron chi connectivity index (χ3n) is 2.43. The van der Waals surface area contributed by atoms with E-state index in [9.17, 15) is 9.59 Å². The molecule has 0 aromatic carbocycles. The van der Waals surface area contributed by atoms with Crippen molar-refractivity contribution in [2.45, 2.75) is 6.42 Å². The number of hydrogen-bond acceptors (Lipinski definition) is 3. The largest absolute Gasteiger partial charge is 0.369 e. The van der Waals surface area contributed by atoms with E-state index in [-0.39, 0.29) is 24.2 Å². The van der Waals surface area contributed by atoms with Crippen molar-refractivity contribution < 1.29 is 9.59 Å². The number of likely N-dealkylation sites (N-methyl/N-ethyl adjacent to an activating group) is 1. The van der Waals surface area contributed by atoms with Gasteiger partial charge in [-0.25, -0.2) is 0 Å². The Morgan fingerprint density at radius 2 is 2.29 bits per heavy atom. The van der Waals surface area contributed by atoms with Crippen LogP contribution in [0.3, 0.4) is 0 Å². The Balaban J connectivity index is 2.41. The van der Waals surface area contributed by atoms with E-state index in [1.807, 2.05) is 19.0 Å². The predicted molar refractivity (Wildman–Crippen MR) is 52.4 cm³/mol. The lowest BCUT2D eigenvalue weighted by Gasteiger charge is -2.18. The minimum atomic E-state index is -0.370. The molecule has 0 saturated carbocycles. The first-order valence-corrected chi connectivity index (χ1v) is 4.72. The molecule has 1 aliphatic heterocycles. The van der Waals surface area contributed by atoms with Crippen molar-refractivity contribution in [2.24, 2.45) is 11.7 Å². The summed E-state index contributed by atoms with van der Waals surface area (Å²) in [7, 11) is 3.90. The molecule has 0 bridgehead atoms. The van der Waals surface area contributed by atoms with Gasteiger partial charge in [0.15, 0.2) is 0 Å². The van der Waals surface area contributed by atoms with Crippen LogP contribution in [0.15, 0.2) is 0 Å². The molecular formula is C9H17N3O2. The average molecular weight is 199 g/mol. The van der Waals surface area contributed by atoms with Crippen LogP contribution in [0.4, 0.5) is 0 Å². The molecule has 5 nitrogen and oxygen atoms in total. The summed E-state index contributed by atoms with van der Waals surface area (Å²) in [6.45, 7) is 1.98. The highest BCUT2D eigenvalue weighted by molar-refractivity contribution is 5.88. The second kappa shape index (κ2) is 4.41. The highest BCUT2D eigenvalue weighted by atomic mass is 16.2. The Labute approximate surface area is 83.8 Å². The maximum Gasteiger partial charge on any atom is 0.223 e. The van der Waals surface area contributed by atoms with Gasteiger partial charge in [-0.1, -0.05) is 0 Å². The van der Waals surface area contributed by atoms with Gasteiger partial charge in [-0.3, -0.25) is 9.59 Å². The van der Waals surface area contributed by atoms with Crippen LogP contribution in [0.1, 0.15) is 6.42 Å². The summed E-state index contributed by atoms with van der Waals surface area (Å²) >= 11 is 0. The summed E-state index contributed by atoms with van der Waals surface area (Å²) in [5.74, 6) is -0.619. The van der Waals surface area contributed by atoms with Gasteiger partial charge in [-0.15, -0.1) is 0 Å². The minimum Gasteiger partial charge on any atom is -0.369 e. The first-order valence-electron chi connectivity index (χ1n) is 4.72. The van der Waals surface area contributed by atoms with Crippen molar-refractivity contribution in [1.82, 2.24) is 9.80 Å². The Kier molecular flexibility index (Phi) is 3.46. The highest BCUT2D eigenvalue weighted by Crippen LogP contribution is 2.16. The van der Waals surface area contributed by atoms with E-state index in [0.29, 0.717) is 13.1 Å². The summed E-state index contributed by atoms with van der Waals surface area (Å²) < 4.78 is 0. The maximum absolute atomic E-state index is 11.4. The third kappa shape index (κ3) is 2.70. The number of rotatable bonds is 4. The zero-order valence-electron chi connectivity index (χ0n) is 8.69. The number of carbonyl (C=O) groups excluding carboxylic acids is 2. The molecular weight excluding hydrogens is 182 g/mol. The summed E-state index contributed by atoms with van der Waals surface area (Å²) in [5.41, 5.74) is 5.15. The normalized spacial score (nSPS) is 22.1. The molecule has 1 rings (SSSR count). The lowest BCUT2D eigenvalue weighted by Crippen LogP contribution is -2.34. The van der Waals surface area contributed by atoms with Gasteiger partial charge in [0.2, 0.25) is 11.8 Å². The van der Waals surface area contributed by atoms with E-state index in [2.05, 4.69) is 0 Å². The van der Waals surface area contributed by atoms with Crippen molar-refractivity contribution in [3.63, 3.8) is 0 Å². The number of primary amides is 1. The lowest BCUT2D eigenvalue weighted by molar-refractivity contribution is -0.128. The van der Waals surface area contributed by atoms with Crippen LogP contribution in [0.2, 0.25) is 0 Å². The Morgan fingerprint density at radius 3 is 2.71 bits per heavy atom. The molecule has 5 heteroatoms. The summed E-state index contributed by atoms with van der Waals surface area (Å²) in [6, 6.07) is 0. The standard InChI is InChI=1S/C9H17N3O2/c1-11(2)3-4-12-6-7(9(10)14)5-8(12)13/h7H,3-6H2,1-2H3,(H2,10,14)/t7-/m1/s1. The molecule has 1 heterocycles. The van der Waals surface area contributed by atoms with Crippen molar-refractivity contribution in [1.29, 1.82) is 0 Å². The quantitative estimate of drug-likeness (QED) is 0.624. The van der Waals surface area contributed by atoms with Gasteiger partial charge in [-0.05, 0) is 14.1 Å². The number of nitrogens with zero attached hydrogens (tertiary/aromatic N) is 2. The molecule has 0 spiro atoms. The molecule has 0 aromatic heterocycles. The third-order valence-corrected chi connectivity index (χ3v) is 2.43. The summed E-state index contributed by atoms with van der Waals surface area (Å²) in [5, 5.41) is 0. The molecule has 1 fully saturated rings. The Morgan fingerprint density at radius 1 is 1.64 bits per heavy atom. The number of carbonyl (C=O) groups is 2. The first kappa shape index (κ1) is 11.0. The topological polar surface area (TPSA) is 66.6 Å². The molecule has 0 aliphatic carbocycles. The van der Waals surface area contributed by atoms with Crippen LogP contribution in [0.25, 0.3) is 0 Å². The summed E-state index contributed by atoms with van der Waals surface area (Å²) in [4.78, 5) is 26.0. The average Bonchev–Trinajstić information content (AvgIpc) is 2.43. The smallest absolute Gasteiger partial charge is 0.223 e. The molecule has 80 valence electrons. The molecule has 2 N–H and O–H groups in total. The fourth-order valence-electron chi connectivity index (χ4n) is 1.50. The van der Waals surface area contributed by atoms with Crippen LogP contribution in [-0.4, -0.2) is 55.3 Å². The van der Waals surface area contributed by atoms with Crippen molar-refractivity contribution in [3.05, 3.63) is 0 Å². The van der Waals surface area contributed by atoms with Gasteiger partial charge < -0.3 is 15.5 Å². The zero-order chi connectivity index (χ0) is 10.7.